The Hall–Kier alpha value is -3.13. The molecule has 0 saturated heterocycles. The molecule has 0 aliphatic rings. The Kier molecular flexibility index (Phi) is 3.82. The minimum Gasteiger partial charge on any atom is -0.476 e. The fourth-order valence-corrected chi connectivity index (χ4v) is 2.50. The first-order chi connectivity index (χ1) is 11.1. The molecule has 0 amide bonds. The molecule has 0 fully saturated rings. The average Bonchev–Trinajstić information content (AvgIpc) is 2.93. The lowest BCUT2D eigenvalue weighted by molar-refractivity contribution is 0.0690. The summed E-state index contributed by atoms with van der Waals surface area (Å²) in [6.45, 7) is 2.19. The zero-order chi connectivity index (χ0) is 16.4. The Bertz CT molecular complexity index is 947. The first-order valence-corrected chi connectivity index (χ1v) is 6.98. The van der Waals surface area contributed by atoms with Crippen molar-refractivity contribution in [2.45, 2.75) is 13.5 Å². The van der Waals surface area contributed by atoms with Crippen LogP contribution in [0.2, 0.25) is 0 Å². The van der Waals surface area contributed by atoms with Gasteiger partial charge in [0.15, 0.2) is 5.69 Å². The van der Waals surface area contributed by atoms with Gasteiger partial charge in [0.2, 0.25) is 0 Å². The van der Waals surface area contributed by atoms with Gasteiger partial charge in [0.25, 0.3) is 0 Å². The summed E-state index contributed by atoms with van der Waals surface area (Å²) in [6, 6.07) is 8.08. The fraction of sp³-hybridized carbons (Fsp3) is 0.111. The Morgan fingerprint density at radius 1 is 1.30 bits per heavy atom. The molecular weight excluding hydrogens is 295 g/mol. The van der Waals surface area contributed by atoms with Gasteiger partial charge in [0, 0.05) is 18.1 Å². The molecule has 1 N–H and O–H groups in total. The first-order valence-electron chi connectivity index (χ1n) is 6.98. The molecule has 0 atom stereocenters. The molecule has 0 bridgehead atoms. The van der Waals surface area contributed by atoms with Crippen LogP contribution in [-0.2, 0) is 6.54 Å². The lowest BCUT2D eigenvalue weighted by Crippen LogP contribution is -2.05. The van der Waals surface area contributed by atoms with Crippen molar-refractivity contribution >= 4 is 16.9 Å². The van der Waals surface area contributed by atoms with Gasteiger partial charge in [-0.3, -0.25) is 0 Å². The third-order valence-corrected chi connectivity index (χ3v) is 3.55. The molecule has 4 nitrogen and oxygen atoms in total. The number of nitrogens with zero attached hydrogens (tertiary/aromatic N) is 2. The summed E-state index contributed by atoms with van der Waals surface area (Å²) < 4.78 is 14.9. The maximum atomic E-state index is 13.0. The molecule has 0 spiro atoms. The summed E-state index contributed by atoms with van der Waals surface area (Å²) >= 11 is 0. The van der Waals surface area contributed by atoms with Crippen molar-refractivity contribution in [1.29, 1.82) is 0 Å². The van der Waals surface area contributed by atoms with Crippen LogP contribution in [0, 0.1) is 17.7 Å². The highest BCUT2D eigenvalue weighted by Crippen LogP contribution is 2.22. The standard InChI is InChI=1S/C18H13FN2O2/c1-2-3-15-14-8-9-21(11-12-4-6-13(19)7-5-12)16(14)10-20-17(15)18(22)23/h4-10H,11H2,1H3,(H,22,23). The van der Waals surface area contributed by atoms with Gasteiger partial charge in [-0.15, -0.1) is 5.92 Å². The lowest BCUT2D eigenvalue weighted by atomic mass is 10.1. The number of carbonyl (C=O) groups is 1. The maximum Gasteiger partial charge on any atom is 0.355 e. The minimum atomic E-state index is -1.10. The SMILES string of the molecule is CC#Cc1c(C(=O)O)ncc2c1ccn2Cc1ccc(F)cc1. The van der Waals surface area contributed by atoms with Gasteiger partial charge in [-0.05, 0) is 30.7 Å². The van der Waals surface area contributed by atoms with Crippen molar-refractivity contribution in [2.24, 2.45) is 0 Å². The molecule has 3 rings (SSSR count). The number of carboxylic acids is 1. The summed E-state index contributed by atoms with van der Waals surface area (Å²) in [7, 11) is 0. The number of benzene rings is 1. The van der Waals surface area contributed by atoms with E-state index < -0.39 is 5.97 Å². The summed E-state index contributed by atoms with van der Waals surface area (Å²) in [6.07, 6.45) is 3.38. The predicted octanol–water partition coefficient (Wildman–Crippen LogP) is 3.29. The summed E-state index contributed by atoms with van der Waals surface area (Å²) in [4.78, 5) is 15.3. The smallest absolute Gasteiger partial charge is 0.355 e. The van der Waals surface area contributed by atoms with Gasteiger partial charge >= 0.3 is 5.97 Å². The second-order valence-corrected chi connectivity index (χ2v) is 5.03. The highest BCUT2D eigenvalue weighted by atomic mass is 19.1. The summed E-state index contributed by atoms with van der Waals surface area (Å²) in [5, 5.41) is 9.99. The Morgan fingerprint density at radius 2 is 2.04 bits per heavy atom. The summed E-state index contributed by atoms with van der Waals surface area (Å²) in [5.74, 6) is 4.18. The van der Waals surface area contributed by atoms with Gasteiger partial charge in [-0.1, -0.05) is 18.1 Å². The van der Waals surface area contributed by atoms with E-state index in [0.29, 0.717) is 12.1 Å². The van der Waals surface area contributed by atoms with Gasteiger partial charge in [0.05, 0.1) is 17.3 Å². The van der Waals surface area contributed by atoms with Crippen LogP contribution in [-0.4, -0.2) is 20.6 Å². The molecule has 5 heteroatoms. The van der Waals surface area contributed by atoms with Crippen LogP contribution in [0.3, 0.4) is 0 Å². The van der Waals surface area contributed by atoms with Crippen LogP contribution in [0.25, 0.3) is 10.9 Å². The molecule has 0 aliphatic heterocycles. The minimum absolute atomic E-state index is 0.0496. The van der Waals surface area contributed by atoms with Crippen LogP contribution < -0.4 is 0 Å². The molecule has 2 heterocycles. The number of carboxylic acid groups (broad SMARTS) is 1. The van der Waals surface area contributed by atoms with Crippen molar-refractivity contribution in [3.05, 3.63) is 65.4 Å². The number of fused-ring (bicyclic) bond motifs is 1. The molecule has 0 radical (unpaired) electrons. The average molecular weight is 308 g/mol. The van der Waals surface area contributed by atoms with Crippen molar-refractivity contribution in [3.63, 3.8) is 0 Å². The third kappa shape index (κ3) is 2.79. The number of pyridine rings is 1. The molecule has 114 valence electrons. The van der Waals surface area contributed by atoms with Crippen LogP contribution in [0.4, 0.5) is 4.39 Å². The van der Waals surface area contributed by atoms with Crippen LogP contribution >= 0.6 is 0 Å². The monoisotopic (exact) mass is 308 g/mol. The highest BCUT2D eigenvalue weighted by molar-refractivity contribution is 5.97. The molecule has 3 aromatic rings. The van der Waals surface area contributed by atoms with Gasteiger partial charge in [-0.2, -0.15) is 0 Å². The second kappa shape index (κ2) is 5.93. The maximum absolute atomic E-state index is 13.0. The molecule has 1 aromatic carbocycles. The normalized spacial score (nSPS) is 10.3. The molecule has 0 aliphatic carbocycles. The Morgan fingerprint density at radius 3 is 2.70 bits per heavy atom. The zero-order valence-corrected chi connectivity index (χ0v) is 12.4. The van der Waals surface area contributed by atoms with E-state index >= 15 is 0 Å². The Balaban J connectivity index is 2.10. The van der Waals surface area contributed by atoms with Crippen LogP contribution in [0.5, 0.6) is 0 Å². The zero-order valence-electron chi connectivity index (χ0n) is 12.4. The van der Waals surface area contributed by atoms with Crippen molar-refractivity contribution in [3.8, 4) is 11.8 Å². The number of aromatic carboxylic acids is 1. The van der Waals surface area contributed by atoms with E-state index in [1.54, 1.807) is 19.1 Å². The number of aromatic nitrogens is 2. The van der Waals surface area contributed by atoms with Gasteiger partial charge in [0.1, 0.15) is 5.82 Å². The molecular formula is C18H13FN2O2. The lowest BCUT2D eigenvalue weighted by Gasteiger charge is -2.07. The first kappa shape index (κ1) is 14.8. The third-order valence-electron chi connectivity index (χ3n) is 3.55. The highest BCUT2D eigenvalue weighted by Gasteiger charge is 2.16. The van der Waals surface area contributed by atoms with Crippen LogP contribution in [0.1, 0.15) is 28.5 Å². The molecule has 2 aromatic heterocycles. The fourth-order valence-electron chi connectivity index (χ4n) is 2.50. The van der Waals surface area contributed by atoms with E-state index in [2.05, 4.69) is 16.8 Å². The van der Waals surface area contributed by atoms with E-state index in [-0.39, 0.29) is 11.5 Å². The van der Waals surface area contributed by atoms with E-state index in [1.165, 1.54) is 18.3 Å². The van der Waals surface area contributed by atoms with Gasteiger partial charge in [-0.25, -0.2) is 14.2 Å². The Labute approximate surface area is 132 Å². The molecule has 0 unspecified atom stereocenters. The molecule has 0 saturated carbocycles. The second-order valence-electron chi connectivity index (χ2n) is 5.03. The molecule has 23 heavy (non-hydrogen) atoms. The van der Waals surface area contributed by atoms with Crippen LogP contribution in [0.15, 0.2) is 42.7 Å². The van der Waals surface area contributed by atoms with Crippen molar-refractivity contribution in [2.75, 3.05) is 0 Å². The summed E-state index contributed by atoms with van der Waals surface area (Å²) in [5.41, 5.74) is 2.09. The van der Waals surface area contributed by atoms with Gasteiger partial charge < -0.3 is 9.67 Å². The number of rotatable bonds is 3. The van der Waals surface area contributed by atoms with Crippen molar-refractivity contribution < 1.29 is 14.3 Å². The van der Waals surface area contributed by atoms with Crippen molar-refractivity contribution in [1.82, 2.24) is 9.55 Å². The van der Waals surface area contributed by atoms with E-state index in [4.69, 9.17) is 0 Å². The van der Waals surface area contributed by atoms with E-state index in [1.807, 2.05) is 16.8 Å². The van der Waals surface area contributed by atoms with E-state index in [9.17, 15) is 14.3 Å². The number of hydrogen-bond acceptors (Lipinski definition) is 2. The largest absolute Gasteiger partial charge is 0.476 e. The topological polar surface area (TPSA) is 55.1 Å². The number of hydrogen-bond donors (Lipinski definition) is 1. The quantitative estimate of drug-likeness (QED) is 0.755. The number of halogens is 1. The van der Waals surface area contributed by atoms with E-state index in [0.717, 1.165) is 16.5 Å². The predicted molar refractivity (Wildman–Crippen MR) is 84.7 cm³/mol.